The van der Waals surface area contributed by atoms with Crippen molar-refractivity contribution < 1.29 is 42.1 Å². The number of quaternary nitrogens is 1. The van der Waals surface area contributed by atoms with E-state index in [1.807, 2.05) is 21.1 Å². The quantitative estimate of drug-likeness (QED) is 0.0195. The van der Waals surface area contributed by atoms with Gasteiger partial charge >= 0.3 is 11.9 Å². The Kier molecular flexibility index (Phi) is 46.1. The number of phosphoric acid groups is 1. The molecule has 10 heteroatoms. The number of likely N-dealkylation sites (N-methyl/N-ethyl adjacent to an activating group) is 1. The van der Waals surface area contributed by atoms with Crippen LogP contribution >= 0.6 is 7.82 Å². The average molecular weight is 948 g/mol. The van der Waals surface area contributed by atoms with Crippen molar-refractivity contribution in [1.29, 1.82) is 0 Å². The van der Waals surface area contributed by atoms with E-state index in [1.54, 1.807) is 0 Å². The van der Waals surface area contributed by atoms with Crippen LogP contribution in [-0.4, -0.2) is 70.0 Å². The molecule has 0 rings (SSSR count). The van der Waals surface area contributed by atoms with Crippen LogP contribution in [-0.2, 0) is 32.7 Å². The van der Waals surface area contributed by atoms with E-state index in [9.17, 15) is 19.0 Å². The maximum absolute atomic E-state index is 12.7. The molecule has 0 saturated carbocycles. The van der Waals surface area contributed by atoms with Crippen LogP contribution in [0, 0.1) is 0 Å². The van der Waals surface area contributed by atoms with Crippen LogP contribution in [0.25, 0.3) is 0 Å². The molecule has 9 nitrogen and oxygen atoms in total. The first-order valence-electron chi connectivity index (χ1n) is 27.0. The summed E-state index contributed by atoms with van der Waals surface area (Å²) in [6.07, 6.45) is 59.8. The van der Waals surface area contributed by atoms with Crippen LogP contribution < -0.4 is 4.89 Å². The Morgan fingerprint density at radius 3 is 1.29 bits per heavy atom. The highest BCUT2D eigenvalue weighted by atomic mass is 31.2. The highest BCUT2D eigenvalue weighted by molar-refractivity contribution is 7.45. The minimum absolute atomic E-state index is 0.0388. The summed E-state index contributed by atoms with van der Waals surface area (Å²) in [6.45, 7) is 4.10. The van der Waals surface area contributed by atoms with E-state index in [4.69, 9.17) is 18.5 Å². The topological polar surface area (TPSA) is 111 Å². The van der Waals surface area contributed by atoms with Gasteiger partial charge in [0, 0.05) is 12.8 Å². The van der Waals surface area contributed by atoms with Crippen LogP contribution in [0.4, 0.5) is 0 Å². The van der Waals surface area contributed by atoms with Crippen LogP contribution in [0.1, 0.15) is 232 Å². The van der Waals surface area contributed by atoms with E-state index >= 15 is 0 Å². The molecule has 66 heavy (non-hydrogen) atoms. The Morgan fingerprint density at radius 1 is 0.485 bits per heavy atom. The van der Waals surface area contributed by atoms with E-state index in [0.29, 0.717) is 17.4 Å². The van der Waals surface area contributed by atoms with Crippen molar-refractivity contribution in [3.63, 3.8) is 0 Å². The Balaban J connectivity index is 4.24. The lowest BCUT2D eigenvalue weighted by atomic mass is 10.0. The van der Waals surface area contributed by atoms with Gasteiger partial charge in [-0.2, -0.15) is 0 Å². The highest BCUT2D eigenvalue weighted by Gasteiger charge is 2.21. The molecule has 384 valence electrons. The monoisotopic (exact) mass is 948 g/mol. The molecule has 2 atom stereocenters. The molecule has 0 aliphatic heterocycles. The summed E-state index contributed by atoms with van der Waals surface area (Å²) < 4.78 is 34.1. The van der Waals surface area contributed by atoms with Gasteiger partial charge in [-0.25, -0.2) is 0 Å². The molecule has 0 aliphatic carbocycles. The molecule has 0 aromatic heterocycles. The van der Waals surface area contributed by atoms with E-state index in [0.717, 1.165) is 70.6 Å². The summed E-state index contributed by atoms with van der Waals surface area (Å²) in [4.78, 5) is 37.8. The zero-order valence-corrected chi connectivity index (χ0v) is 44.3. The smallest absolute Gasteiger partial charge is 0.306 e. The Morgan fingerprint density at radius 2 is 0.864 bits per heavy atom. The van der Waals surface area contributed by atoms with Gasteiger partial charge in [0.1, 0.15) is 19.8 Å². The number of hydrogen-bond acceptors (Lipinski definition) is 8. The van der Waals surface area contributed by atoms with E-state index in [2.05, 4.69) is 74.6 Å². The molecule has 0 amide bonds. The number of unbranched alkanes of at least 4 members (excludes halogenated alkanes) is 25. The Hall–Kier alpha value is -2.29. The summed E-state index contributed by atoms with van der Waals surface area (Å²) in [5, 5.41) is 0. The number of hydrogen-bond donors (Lipinski definition) is 0. The normalized spacial score (nSPS) is 13.8. The number of ether oxygens (including phenoxy) is 2. The van der Waals surface area contributed by atoms with Crippen molar-refractivity contribution >= 4 is 19.8 Å². The summed E-state index contributed by atoms with van der Waals surface area (Å²) in [7, 11) is 1.14. The largest absolute Gasteiger partial charge is 0.756 e. The van der Waals surface area contributed by atoms with Crippen molar-refractivity contribution in [3.8, 4) is 0 Å². The molecule has 0 heterocycles. The minimum Gasteiger partial charge on any atom is -0.756 e. The fourth-order valence-electron chi connectivity index (χ4n) is 7.39. The lowest BCUT2D eigenvalue weighted by Gasteiger charge is -2.28. The molecule has 1 unspecified atom stereocenters. The molecule has 0 fully saturated rings. The summed E-state index contributed by atoms with van der Waals surface area (Å²) in [5.41, 5.74) is 0. The molecule has 0 bridgehead atoms. The first-order chi connectivity index (χ1) is 32.0. The number of allylic oxidation sites excluding steroid dienone is 10. The molecule has 0 aromatic carbocycles. The van der Waals surface area contributed by atoms with E-state index in [-0.39, 0.29) is 32.0 Å². The second kappa shape index (κ2) is 47.8. The number of phosphoric ester groups is 1. The predicted molar refractivity (Wildman–Crippen MR) is 277 cm³/mol. The molecule has 0 aromatic rings. The average Bonchev–Trinajstić information content (AvgIpc) is 3.27. The van der Waals surface area contributed by atoms with Crippen molar-refractivity contribution in [1.82, 2.24) is 0 Å². The zero-order valence-electron chi connectivity index (χ0n) is 43.4. The maximum atomic E-state index is 12.7. The van der Waals surface area contributed by atoms with E-state index < -0.39 is 26.5 Å². The third-order valence-corrected chi connectivity index (χ3v) is 12.5. The third-order valence-electron chi connectivity index (χ3n) is 11.6. The lowest BCUT2D eigenvalue weighted by molar-refractivity contribution is -0.870. The molecule has 0 radical (unpaired) electrons. The Bertz CT molecular complexity index is 1300. The number of carbonyl (C=O) groups is 2. The van der Waals surface area contributed by atoms with Crippen LogP contribution in [0.5, 0.6) is 0 Å². The van der Waals surface area contributed by atoms with Gasteiger partial charge in [-0.05, 0) is 57.8 Å². The first kappa shape index (κ1) is 63.7. The fourth-order valence-corrected chi connectivity index (χ4v) is 8.12. The minimum atomic E-state index is -4.64. The maximum Gasteiger partial charge on any atom is 0.306 e. The van der Waals surface area contributed by atoms with Crippen molar-refractivity contribution in [2.24, 2.45) is 0 Å². The molecular weight excluding hydrogens is 846 g/mol. The molecular formula is C56H102NO8P. The number of nitrogens with zero attached hydrogens (tertiary/aromatic N) is 1. The van der Waals surface area contributed by atoms with Crippen LogP contribution in [0.3, 0.4) is 0 Å². The standard InChI is InChI=1S/C56H102NO8P/c1-6-8-10-12-14-16-18-20-22-24-26-27-28-29-31-32-34-36-38-40-42-44-46-48-55(58)62-52-54(53-64-66(60,61)63-51-50-57(3,4)5)65-56(59)49-47-45-43-41-39-37-35-33-30-25-23-21-19-17-15-13-11-9-7-2/h9,11,15,17,21,23,30,33,37,39,54H,6-8,10,12-14,16,18-20,22,24-29,31-32,34-36,38,40-53H2,1-5H3/b11-9+,17-15+,23-21+,33-30+,39-37+/t54-/m1/s1. The second-order valence-electron chi connectivity index (χ2n) is 19.2. The summed E-state index contributed by atoms with van der Waals surface area (Å²) in [6, 6.07) is 0. The molecule has 0 aliphatic rings. The highest BCUT2D eigenvalue weighted by Crippen LogP contribution is 2.38. The SMILES string of the molecule is CC/C=C/C/C=C/C/C=C/C/C=C/C/C=C/CCCCCC(=O)O[C@H](COC(=O)CCCCCCCCCCCCCCCCCCCCCCCCC)COP(=O)([O-])OCC[N+](C)(C)C. The summed E-state index contributed by atoms with van der Waals surface area (Å²) >= 11 is 0. The number of carbonyl (C=O) groups excluding carboxylic acids is 2. The Labute approximate surface area is 406 Å². The van der Waals surface area contributed by atoms with E-state index in [1.165, 1.54) is 128 Å². The van der Waals surface area contributed by atoms with Gasteiger partial charge in [0.2, 0.25) is 0 Å². The van der Waals surface area contributed by atoms with Crippen LogP contribution in [0.15, 0.2) is 60.8 Å². The first-order valence-corrected chi connectivity index (χ1v) is 28.5. The van der Waals surface area contributed by atoms with Crippen LogP contribution in [0.2, 0.25) is 0 Å². The number of rotatable bonds is 49. The second-order valence-corrected chi connectivity index (χ2v) is 20.6. The molecule has 0 saturated heterocycles. The van der Waals surface area contributed by atoms with Crippen molar-refractivity contribution in [2.45, 2.75) is 238 Å². The lowest BCUT2D eigenvalue weighted by Crippen LogP contribution is -2.37. The van der Waals surface area contributed by atoms with Crippen molar-refractivity contribution in [3.05, 3.63) is 60.8 Å². The molecule has 0 N–H and O–H groups in total. The van der Waals surface area contributed by atoms with Gasteiger partial charge in [0.15, 0.2) is 6.10 Å². The van der Waals surface area contributed by atoms with Gasteiger partial charge in [-0.1, -0.05) is 222 Å². The summed E-state index contributed by atoms with van der Waals surface area (Å²) in [5.74, 6) is -0.866. The number of esters is 2. The predicted octanol–water partition coefficient (Wildman–Crippen LogP) is 15.7. The van der Waals surface area contributed by atoms with Gasteiger partial charge in [-0.15, -0.1) is 0 Å². The van der Waals surface area contributed by atoms with Gasteiger partial charge in [0.05, 0.1) is 27.7 Å². The van der Waals surface area contributed by atoms with Gasteiger partial charge in [0.25, 0.3) is 7.82 Å². The van der Waals surface area contributed by atoms with Crippen molar-refractivity contribution in [2.75, 3.05) is 47.5 Å². The van der Waals surface area contributed by atoms with Gasteiger partial charge < -0.3 is 27.9 Å². The third kappa shape index (κ3) is 51.1. The fraction of sp³-hybridized carbons (Fsp3) is 0.786. The van der Waals surface area contributed by atoms with Gasteiger partial charge in [-0.3, -0.25) is 14.2 Å². The molecule has 0 spiro atoms. The zero-order chi connectivity index (χ0) is 48.5.